The normalized spacial score (nSPS) is 12.9. The fourth-order valence-corrected chi connectivity index (χ4v) is 3.05. The van der Waals surface area contributed by atoms with Crippen LogP contribution in [-0.4, -0.2) is 15.2 Å². The number of halogens is 1. The maximum absolute atomic E-state index is 4.90. The van der Waals surface area contributed by atoms with E-state index in [1.165, 1.54) is 4.88 Å². The van der Waals surface area contributed by atoms with E-state index in [2.05, 4.69) is 49.5 Å². The largest absolute Gasteiger partial charge is 0.286 e. The predicted molar refractivity (Wildman–Crippen MR) is 67.9 cm³/mol. The molecule has 0 saturated carbocycles. The highest BCUT2D eigenvalue weighted by Gasteiger charge is 2.10. The van der Waals surface area contributed by atoms with E-state index in [1.807, 2.05) is 0 Å². The fourth-order valence-electron chi connectivity index (χ4n) is 1.38. The van der Waals surface area contributed by atoms with Gasteiger partial charge in [-0.05, 0) is 40.1 Å². The summed E-state index contributed by atoms with van der Waals surface area (Å²) in [4.78, 5) is 5.53. The topological polar surface area (TPSA) is 44.5 Å². The van der Waals surface area contributed by atoms with Crippen LogP contribution >= 0.6 is 39.5 Å². The number of rotatable bonds is 3. The van der Waals surface area contributed by atoms with E-state index in [-0.39, 0.29) is 0 Å². The van der Waals surface area contributed by atoms with Gasteiger partial charge in [-0.25, -0.2) is 4.98 Å². The molecule has 3 nitrogen and oxygen atoms in total. The highest BCUT2D eigenvalue weighted by Crippen LogP contribution is 2.28. The molecular weight excluding hydrogens is 294 g/mol. The highest BCUT2D eigenvalue weighted by atomic mass is 79.9. The molecule has 0 amide bonds. The summed E-state index contributed by atoms with van der Waals surface area (Å²) in [7, 11) is 0. The Hall–Kier alpha value is -0.460. The Morgan fingerprint density at radius 2 is 2.40 bits per heavy atom. The lowest BCUT2D eigenvalue weighted by Gasteiger charge is -2.05. The second-order valence-corrected chi connectivity index (χ2v) is 5.63. The number of nitrogens with zero attached hydrogens (tertiary/aromatic N) is 1. The molecular formula is C9H10BrN3S2. The summed E-state index contributed by atoms with van der Waals surface area (Å²) in [6, 6.07) is 2.15. The first-order valence-corrected chi connectivity index (χ1v) is 6.60. The van der Waals surface area contributed by atoms with E-state index in [9.17, 15) is 0 Å². The summed E-state index contributed by atoms with van der Waals surface area (Å²) in [6.45, 7) is 2.18. The smallest absolute Gasteiger partial charge is 0.213 e. The second-order valence-electron chi connectivity index (χ2n) is 3.39. The fraction of sp³-hybridized carbons (Fsp3) is 0.333. The standard InChI is InChI=1S/C9H10BrN3S2/c1-5(7-3-6(10)4-15-7)2-8-11-9(14)13-12-8/h3-5H,2H2,1H3,(H2,11,12,13,14). The molecule has 2 aromatic heterocycles. The maximum Gasteiger partial charge on any atom is 0.213 e. The van der Waals surface area contributed by atoms with Gasteiger partial charge < -0.3 is 0 Å². The molecule has 0 aromatic carbocycles. The Balaban J connectivity index is 2.10. The minimum absolute atomic E-state index is 0.454. The van der Waals surface area contributed by atoms with E-state index in [1.54, 1.807) is 11.3 Å². The third-order valence-corrected chi connectivity index (χ3v) is 4.24. The molecule has 0 bridgehead atoms. The van der Waals surface area contributed by atoms with Gasteiger partial charge in [0.2, 0.25) is 4.77 Å². The van der Waals surface area contributed by atoms with Crippen molar-refractivity contribution in [3.05, 3.63) is 31.4 Å². The van der Waals surface area contributed by atoms with Gasteiger partial charge in [-0.15, -0.1) is 11.3 Å². The van der Waals surface area contributed by atoms with Crippen molar-refractivity contribution in [1.82, 2.24) is 15.2 Å². The van der Waals surface area contributed by atoms with Crippen molar-refractivity contribution in [3.8, 4) is 0 Å². The first kappa shape index (κ1) is 11.0. The average Bonchev–Trinajstić information content (AvgIpc) is 2.75. The van der Waals surface area contributed by atoms with E-state index in [4.69, 9.17) is 12.2 Å². The van der Waals surface area contributed by atoms with Gasteiger partial charge in [-0.3, -0.25) is 10.2 Å². The molecule has 0 fully saturated rings. The molecule has 1 atom stereocenters. The number of nitrogens with one attached hydrogen (secondary N) is 2. The first-order valence-electron chi connectivity index (χ1n) is 4.52. The van der Waals surface area contributed by atoms with Crippen molar-refractivity contribution >= 4 is 39.5 Å². The van der Waals surface area contributed by atoms with Gasteiger partial charge in [0, 0.05) is 21.2 Å². The van der Waals surface area contributed by atoms with E-state index in [0.29, 0.717) is 10.7 Å². The molecule has 80 valence electrons. The minimum atomic E-state index is 0.454. The van der Waals surface area contributed by atoms with Crippen LogP contribution < -0.4 is 0 Å². The molecule has 15 heavy (non-hydrogen) atoms. The summed E-state index contributed by atoms with van der Waals surface area (Å²) in [5, 5.41) is 7.86. The number of hydrogen-bond donors (Lipinski definition) is 2. The van der Waals surface area contributed by atoms with Crippen LogP contribution in [-0.2, 0) is 6.42 Å². The van der Waals surface area contributed by atoms with Crippen LogP contribution in [0.2, 0.25) is 0 Å². The van der Waals surface area contributed by atoms with Crippen molar-refractivity contribution in [2.75, 3.05) is 0 Å². The van der Waals surface area contributed by atoms with Crippen molar-refractivity contribution in [3.63, 3.8) is 0 Å². The quantitative estimate of drug-likeness (QED) is 0.850. The van der Waals surface area contributed by atoms with Crippen LogP contribution in [0.4, 0.5) is 0 Å². The Morgan fingerprint density at radius 1 is 1.60 bits per heavy atom. The molecule has 6 heteroatoms. The summed E-state index contributed by atoms with van der Waals surface area (Å²) in [5.41, 5.74) is 0. The van der Waals surface area contributed by atoms with E-state index in [0.717, 1.165) is 16.7 Å². The van der Waals surface area contributed by atoms with Gasteiger partial charge in [-0.2, -0.15) is 0 Å². The zero-order chi connectivity index (χ0) is 10.8. The van der Waals surface area contributed by atoms with Crippen LogP contribution in [0.15, 0.2) is 15.9 Å². The Morgan fingerprint density at radius 3 is 2.93 bits per heavy atom. The lowest BCUT2D eigenvalue weighted by Crippen LogP contribution is -1.97. The zero-order valence-electron chi connectivity index (χ0n) is 8.08. The molecule has 1 unspecified atom stereocenters. The lowest BCUT2D eigenvalue weighted by atomic mass is 10.1. The van der Waals surface area contributed by atoms with Gasteiger partial charge in [0.15, 0.2) is 0 Å². The molecule has 2 N–H and O–H groups in total. The van der Waals surface area contributed by atoms with E-state index < -0.39 is 0 Å². The molecule has 0 spiro atoms. The van der Waals surface area contributed by atoms with Gasteiger partial charge in [0.25, 0.3) is 0 Å². The summed E-state index contributed by atoms with van der Waals surface area (Å²) < 4.78 is 1.66. The molecule has 0 aliphatic heterocycles. The summed E-state index contributed by atoms with van der Waals surface area (Å²) in [6.07, 6.45) is 0.875. The van der Waals surface area contributed by atoms with Crippen LogP contribution in [0.3, 0.4) is 0 Å². The average molecular weight is 304 g/mol. The summed E-state index contributed by atoms with van der Waals surface area (Å²) in [5.74, 6) is 1.37. The van der Waals surface area contributed by atoms with Crippen LogP contribution in [0, 0.1) is 4.77 Å². The Kier molecular flexibility index (Phi) is 3.38. The number of H-pyrrole nitrogens is 2. The SMILES string of the molecule is CC(Cc1nc(=S)[nH][nH]1)c1cc(Br)cs1. The molecule has 2 aromatic rings. The first-order chi connectivity index (χ1) is 7.15. The van der Waals surface area contributed by atoms with Crippen molar-refractivity contribution in [2.45, 2.75) is 19.3 Å². The maximum atomic E-state index is 4.90. The third-order valence-electron chi connectivity index (χ3n) is 2.12. The zero-order valence-corrected chi connectivity index (χ0v) is 11.3. The number of hydrogen-bond acceptors (Lipinski definition) is 3. The number of aromatic amines is 2. The molecule has 0 saturated heterocycles. The van der Waals surface area contributed by atoms with Gasteiger partial charge >= 0.3 is 0 Å². The van der Waals surface area contributed by atoms with Gasteiger partial charge in [0.05, 0.1) is 0 Å². The molecule has 0 aliphatic carbocycles. The van der Waals surface area contributed by atoms with Crippen LogP contribution in [0.1, 0.15) is 23.5 Å². The lowest BCUT2D eigenvalue weighted by molar-refractivity contribution is 0.733. The third kappa shape index (κ3) is 2.76. The Bertz CT molecular complexity index is 499. The number of aromatic nitrogens is 3. The van der Waals surface area contributed by atoms with Crippen molar-refractivity contribution in [1.29, 1.82) is 0 Å². The second kappa shape index (κ2) is 4.59. The molecule has 0 radical (unpaired) electrons. The van der Waals surface area contributed by atoms with E-state index >= 15 is 0 Å². The summed E-state index contributed by atoms with van der Waals surface area (Å²) >= 11 is 10.1. The molecule has 2 rings (SSSR count). The van der Waals surface area contributed by atoms with Crippen LogP contribution in [0.5, 0.6) is 0 Å². The van der Waals surface area contributed by atoms with Crippen LogP contribution in [0.25, 0.3) is 0 Å². The van der Waals surface area contributed by atoms with Gasteiger partial charge in [0.1, 0.15) is 5.82 Å². The molecule has 2 heterocycles. The number of thiophene rings is 1. The molecule has 0 aliphatic rings. The highest BCUT2D eigenvalue weighted by molar-refractivity contribution is 9.10. The monoisotopic (exact) mass is 303 g/mol. The van der Waals surface area contributed by atoms with Crippen molar-refractivity contribution in [2.24, 2.45) is 0 Å². The Labute approximate surface area is 105 Å². The van der Waals surface area contributed by atoms with Crippen molar-refractivity contribution < 1.29 is 0 Å². The minimum Gasteiger partial charge on any atom is -0.286 e. The predicted octanol–water partition coefficient (Wildman–Crippen LogP) is 3.64. The van der Waals surface area contributed by atoms with Gasteiger partial charge in [-0.1, -0.05) is 6.92 Å².